The van der Waals surface area contributed by atoms with E-state index in [9.17, 15) is 19.2 Å². The summed E-state index contributed by atoms with van der Waals surface area (Å²) in [7, 11) is 0. The highest BCUT2D eigenvalue weighted by Gasteiger charge is 2.51. The van der Waals surface area contributed by atoms with Crippen LogP contribution in [-0.2, 0) is 23.9 Å². The molecule has 3 rings (SSSR count). The van der Waals surface area contributed by atoms with Crippen LogP contribution < -0.4 is 5.32 Å². The van der Waals surface area contributed by atoms with Gasteiger partial charge < -0.3 is 10.1 Å². The van der Waals surface area contributed by atoms with Gasteiger partial charge in [0, 0.05) is 5.69 Å². The number of hydrogen-bond donors (Lipinski definition) is 1. The highest BCUT2D eigenvalue weighted by molar-refractivity contribution is 6.08. The third-order valence-corrected chi connectivity index (χ3v) is 5.31. The zero-order valence-electron chi connectivity index (χ0n) is 15.5. The second-order valence-corrected chi connectivity index (χ2v) is 7.15. The number of para-hydroxylation sites is 1. The fraction of sp³-hybridized carbons (Fsp3) is 0.500. The molecule has 144 valence electrons. The summed E-state index contributed by atoms with van der Waals surface area (Å²) in [5, 5.41) is 2.65. The summed E-state index contributed by atoms with van der Waals surface area (Å²) in [5.41, 5.74) is 0.590. The highest BCUT2D eigenvalue weighted by Crippen LogP contribution is 2.38. The number of benzene rings is 1. The van der Waals surface area contributed by atoms with Crippen LogP contribution in [0.5, 0.6) is 0 Å². The van der Waals surface area contributed by atoms with Gasteiger partial charge in [0.15, 0.2) is 6.10 Å². The normalized spacial score (nSPS) is 24.1. The van der Waals surface area contributed by atoms with E-state index in [0.717, 1.165) is 17.7 Å². The fourth-order valence-corrected chi connectivity index (χ4v) is 3.77. The van der Waals surface area contributed by atoms with Crippen molar-refractivity contribution in [2.45, 2.75) is 51.7 Å². The molecule has 4 unspecified atom stereocenters. The number of carbonyl (C=O) groups excluding carboxylic acids is 4. The minimum absolute atomic E-state index is 0.296. The molecule has 0 aromatic heterocycles. The maximum Gasteiger partial charge on any atom is 0.329 e. The molecule has 1 aromatic rings. The van der Waals surface area contributed by atoms with Gasteiger partial charge in [0.2, 0.25) is 11.8 Å². The van der Waals surface area contributed by atoms with E-state index < -0.39 is 24.0 Å². The minimum Gasteiger partial charge on any atom is -0.451 e. The molecule has 2 aliphatic rings. The Kier molecular flexibility index (Phi) is 5.58. The number of hydrogen-bond acceptors (Lipinski definition) is 5. The van der Waals surface area contributed by atoms with Gasteiger partial charge in [-0.2, -0.15) is 0 Å². The third kappa shape index (κ3) is 3.86. The first-order valence-electron chi connectivity index (χ1n) is 9.33. The van der Waals surface area contributed by atoms with E-state index in [4.69, 9.17) is 4.74 Å². The van der Waals surface area contributed by atoms with Crippen LogP contribution >= 0.6 is 0 Å². The number of imide groups is 1. The zero-order chi connectivity index (χ0) is 19.6. The molecule has 0 spiro atoms. The largest absolute Gasteiger partial charge is 0.451 e. The number of esters is 1. The Hall–Kier alpha value is -2.70. The van der Waals surface area contributed by atoms with Gasteiger partial charge in [-0.1, -0.05) is 31.0 Å². The van der Waals surface area contributed by atoms with Crippen molar-refractivity contribution in [2.75, 3.05) is 5.32 Å². The monoisotopic (exact) mass is 372 g/mol. The molecule has 1 saturated carbocycles. The van der Waals surface area contributed by atoms with Gasteiger partial charge in [-0.15, -0.1) is 0 Å². The van der Waals surface area contributed by atoms with E-state index in [2.05, 4.69) is 5.32 Å². The van der Waals surface area contributed by atoms with Crippen molar-refractivity contribution < 1.29 is 23.9 Å². The SMILES string of the molecule is CC(OC(=O)C(C)N1C(=O)C2CCCCC2C1=O)C(=O)Nc1ccccc1. The molecular formula is C20H24N2O5. The molecule has 1 saturated heterocycles. The summed E-state index contributed by atoms with van der Waals surface area (Å²) in [5.74, 6) is -2.47. The van der Waals surface area contributed by atoms with E-state index >= 15 is 0 Å². The fourth-order valence-electron chi connectivity index (χ4n) is 3.77. The van der Waals surface area contributed by atoms with Crippen LogP contribution in [0.3, 0.4) is 0 Å². The molecule has 7 heteroatoms. The molecule has 0 radical (unpaired) electrons. The predicted octanol–water partition coefficient (Wildman–Crippen LogP) is 2.12. The first-order chi connectivity index (χ1) is 12.9. The lowest BCUT2D eigenvalue weighted by molar-refractivity contribution is -0.163. The number of ether oxygens (including phenoxy) is 1. The van der Waals surface area contributed by atoms with Gasteiger partial charge in [-0.05, 0) is 38.8 Å². The average molecular weight is 372 g/mol. The Morgan fingerprint density at radius 1 is 1.04 bits per heavy atom. The summed E-state index contributed by atoms with van der Waals surface area (Å²) < 4.78 is 5.21. The van der Waals surface area contributed by atoms with Crippen molar-refractivity contribution in [3.63, 3.8) is 0 Å². The van der Waals surface area contributed by atoms with E-state index in [0.29, 0.717) is 18.5 Å². The van der Waals surface area contributed by atoms with E-state index in [-0.39, 0.29) is 23.7 Å². The number of carbonyl (C=O) groups is 4. The lowest BCUT2D eigenvalue weighted by Gasteiger charge is -2.23. The average Bonchev–Trinajstić information content (AvgIpc) is 2.93. The van der Waals surface area contributed by atoms with Gasteiger partial charge in [-0.25, -0.2) is 4.79 Å². The highest BCUT2D eigenvalue weighted by atomic mass is 16.5. The molecular weight excluding hydrogens is 348 g/mol. The number of nitrogens with zero attached hydrogens (tertiary/aromatic N) is 1. The van der Waals surface area contributed by atoms with Crippen LogP contribution in [0, 0.1) is 11.8 Å². The lowest BCUT2D eigenvalue weighted by Crippen LogP contribution is -2.46. The first kappa shape index (κ1) is 19.1. The van der Waals surface area contributed by atoms with Gasteiger partial charge in [0.25, 0.3) is 5.91 Å². The quantitative estimate of drug-likeness (QED) is 0.631. The van der Waals surface area contributed by atoms with E-state index in [1.807, 2.05) is 6.07 Å². The summed E-state index contributed by atoms with van der Waals surface area (Å²) in [6.07, 6.45) is 2.16. The molecule has 1 aliphatic carbocycles. The zero-order valence-corrected chi connectivity index (χ0v) is 15.5. The van der Waals surface area contributed by atoms with E-state index in [1.54, 1.807) is 24.3 Å². The lowest BCUT2D eigenvalue weighted by atomic mass is 9.81. The van der Waals surface area contributed by atoms with Crippen LogP contribution in [-0.4, -0.2) is 40.7 Å². The number of fused-ring (bicyclic) bond motifs is 1. The Morgan fingerprint density at radius 3 is 2.15 bits per heavy atom. The molecule has 1 N–H and O–H groups in total. The van der Waals surface area contributed by atoms with Crippen LogP contribution in [0.15, 0.2) is 30.3 Å². The number of nitrogens with one attached hydrogen (secondary N) is 1. The van der Waals surface area contributed by atoms with Gasteiger partial charge >= 0.3 is 5.97 Å². The van der Waals surface area contributed by atoms with Gasteiger partial charge in [0.1, 0.15) is 6.04 Å². The molecule has 2 fully saturated rings. The Labute approximate surface area is 158 Å². The summed E-state index contributed by atoms with van der Waals surface area (Å²) >= 11 is 0. The second kappa shape index (κ2) is 7.90. The first-order valence-corrected chi connectivity index (χ1v) is 9.33. The van der Waals surface area contributed by atoms with Crippen LogP contribution in [0.2, 0.25) is 0 Å². The molecule has 1 aliphatic heterocycles. The molecule has 4 atom stereocenters. The number of likely N-dealkylation sites (tertiary alicyclic amines) is 1. The molecule has 0 bridgehead atoms. The number of rotatable bonds is 5. The molecule has 3 amide bonds. The molecule has 1 heterocycles. The predicted molar refractivity (Wildman–Crippen MR) is 97.4 cm³/mol. The van der Waals surface area contributed by atoms with Crippen molar-refractivity contribution >= 4 is 29.4 Å². The Morgan fingerprint density at radius 2 is 1.59 bits per heavy atom. The second-order valence-electron chi connectivity index (χ2n) is 7.15. The van der Waals surface area contributed by atoms with Crippen molar-refractivity contribution in [1.29, 1.82) is 0 Å². The Bertz CT molecular complexity index is 724. The summed E-state index contributed by atoms with van der Waals surface area (Å²) in [4.78, 5) is 50.8. The van der Waals surface area contributed by atoms with Crippen molar-refractivity contribution in [2.24, 2.45) is 11.8 Å². The van der Waals surface area contributed by atoms with Crippen molar-refractivity contribution in [3.05, 3.63) is 30.3 Å². The van der Waals surface area contributed by atoms with Crippen molar-refractivity contribution in [1.82, 2.24) is 4.90 Å². The summed E-state index contributed by atoms with van der Waals surface area (Å²) in [6.45, 7) is 2.92. The Balaban J connectivity index is 1.61. The minimum atomic E-state index is -1.05. The van der Waals surface area contributed by atoms with Gasteiger partial charge in [-0.3, -0.25) is 19.3 Å². The van der Waals surface area contributed by atoms with Crippen molar-refractivity contribution in [3.8, 4) is 0 Å². The maximum absolute atomic E-state index is 12.6. The summed E-state index contributed by atoms with van der Waals surface area (Å²) in [6, 6.07) is 7.78. The van der Waals surface area contributed by atoms with Crippen LogP contribution in [0.4, 0.5) is 5.69 Å². The number of anilines is 1. The van der Waals surface area contributed by atoms with Crippen LogP contribution in [0.1, 0.15) is 39.5 Å². The van der Waals surface area contributed by atoms with Gasteiger partial charge in [0.05, 0.1) is 11.8 Å². The third-order valence-electron chi connectivity index (χ3n) is 5.31. The molecule has 1 aromatic carbocycles. The molecule has 7 nitrogen and oxygen atoms in total. The van der Waals surface area contributed by atoms with Crippen LogP contribution in [0.25, 0.3) is 0 Å². The smallest absolute Gasteiger partial charge is 0.329 e. The molecule has 27 heavy (non-hydrogen) atoms. The van der Waals surface area contributed by atoms with E-state index in [1.165, 1.54) is 13.8 Å². The maximum atomic E-state index is 12.6. The number of amides is 3. The standard InChI is InChI=1S/C20H24N2O5/c1-12(22-18(24)15-10-6-7-11-16(15)19(22)25)20(26)27-13(2)17(23)21-14-8-4-3-5-9-14/h3-5,8-9,12-13,15-16H,6-7,10-11H2,1-2H3,(H,21,23). The topological polar surface area (TPSA) is 92.8 Å².